The topological polar surface area (TPSA) is 70.4 Å². The van der Waals surface area contributed by atoms with E-state index < -0.39 is 5.91 Å². The van der Waals surface area contributed by atoms with E-state index in [0.29, 0.717) is 6.04 Å². The summed E-state index contributed by atoms with van der Waals surface area (Å²) in [6, 6.07) is 16.9. The normalized spacial score (nSPS) is 12.7. The minimum absolute atomic E-state index is 0.334. The van der Waals surface area contributed by atoms with Crippen molar-refractivity contribution < 1.29 is 10.0 Å². The van der Waals surface area contributed by atoms with Crippen LogP contribution in [0.25, 0.3) is 17.1 Å². The van der Waals surface area contributed by atoms with Gasteiger partial charge in [0.2, 0.25) is 0 Å². The zero-order chi connectivity index (χ0) is 21.3. The van der Waals surface area contributed by atoms with E-state index in [1.54, 1.807) is 11.6 Å². The number of unbranched alkanes of at least 4 members (excludes halogenated alkanes) is 1. The van der Waals surface area contributed by atoms with Crippen molar-refractivity contribution in [3.8, 4) is 0 Å². The van der Waals surface area contributed by atoms with Gasteiger partial charge in [0.05, 0.1) is 17.4 Å². The minimum Gasteiger partial charge on any atom is -0.327 e. The van der Waals surface area contributed by atoms with Gasteiger partial charge in [-0.2, -0.15) is 0 Å². The van der Waals surface area contributed by atoms with Gasteiger partial charge in [0.25, 0.3) is 5.91 Å². The molecular weight excluding hydrogens is 376 g/mol. The number of hydrogen-bond donors (Lipinski definition) is 2. The number of aromatic nitrogens is 2. The van der Waals surface area contributed by atoms with Crippen molar-refractivity contribution in [2.75, 3.05) is 20.6 Å². The minimum atomic E-state index is -0.554. The standard InChI is InChI=1S/C24H30N4O2/c1-27(2)15-7-6-10-21(16-19-8-4-3-5-9-19)28-18-25-22-17-20(11-13-23(22)28)12-14-24(29)26-30/h3-5,8-9,11-14,17-18,21,30H,6-7,10,15-16H2,1-2H3,(H,26,29). The Morgan fingerprint density at radius 1 is 1.20 bits per heavy atom. The predicted molar refractivity (Wildman–Crippen MR) is 120 cm³/mol. The third kappa shape index (κ3) is 6.02. The Morgan fingerprint density at radius 3 is 2.73 bits per heavy atom. The second-order valence-corrected chi connectivity index (χ2v) is 7.85. The quantitative estimate of drug-likeness (QED) is 0.230. The van der Waals surface area contributed by atoms with Crippen molar-refractivity contribution in [2.45, 2.75) is 31.7 Å². The van der Waals surface area contributed by atoms with Gasteiger partial charge in [0.15, 0.2) is 0 Å². The average Bonchev–Trinajstić information content (AvgIpc) is 3.18. The monoisotopic (exact) mass is 406 g/mol. The van der Waals surface area contributed by atoms with Crippen LogP contribution in [-0.4, -0.2) is 46.2 Å². The van der Waals surface area contributed by atoms with Crippen LogP contribution in [0.15, 0.2) is 60.9 Å². The number of carbonyl (C=O) groups excluding carboxylic acids is 1. The van der Waals surface area contributed by atoms with Crippen molar-refractivity contribution in [2.24, 2.45) is 0 Å². The molecule has 158 valence electrons. The van der Waals surface area contributed by atoms with Gasteiger partial charge < -0.3 is 9.47 Å². The van der Waals surface area contributed by atoms with Crippen LogP contribution in [0.3, 0.4) is 0 Å². The number of rotatable bonds is 10. The fourth-order valence-electron chi connectivity index (χ4n) is 3.69. The molecule has 2 N–H and O–H groups in total. The summed E-state index contributed by atoms with van der Waals surface area (Å²) in [6.45, 7) is 1.10. The molecule has 3 aromatic rings. The smallest absolute Gasteiger partial charge is 0.267 e. The van der Waals surface area contributed by atoms with Crippen LogP contribution in [0, 0.1) is 0 Å². The van der Waals surface area contributed by atoms with E-state index >= 15 is 0 Å². The van der Waals surface area contributed by atoms with E-state index in [4.69, 9.17) is 5.21 Å². The van der Waals surface area contributed by atoms with Gasteiger partial charge in [-0.05, 0) is 69.2 Å². The zero-order valence-corrected chi connectivity index (χ0v) is 17.7. The first-order valence-corrected chi connectivity index (χ1v) is 10.3. The lowest BCUT2D eigenvalue weighted by Crippen LogP contribution is -2.15. The fourth-order valence-corrected chi connectivity index (χ4v) is 3.69. The summed E-state index contributed by atoms with van der Waals surface area (Å²) in [7, 11) is 4.22. The Bertz CT molecular complexity index is 979. The molecule has 0 bridgehead atoms. The lowest BCUT2D eigenvalue weighted by Gasteiger charge is -2.20. The summed E-state index contributed by atoms with van der Waals surface area (Å²) < 4.78 is 2.28. The first kappa shape index (κ1) is 21.7. The summed E-state index contributed by atoms with van der Waals surface area (Å²) in [4.78, 5) is 18.1. The molecule has 1 atom stereocenters. The molecule has 0 spiro atoms. The fraction of sp³-hybridized carbons (Fsp3) is 0.333. The maximum Gasteiger partial charge on any atom is 0.267 e. The molecule has 0 saturated carbocycles. The first-order valence-electron chi connectivity index (χ1n) is 10.3. The van der Waals surface area contributed by atoms with Gasteiger partial charge in [-0.3, -0.25) is 10.0 Å². The van der Waals surface area contributed by atoms with Gasteiger partial charge in [0, 0.05) is 12.1 Å². The largest absolute Gasteiger partial charge is 0.327 e. The van der Waals surface area contributed by atoms with Crippen molar-refractivity contribution in [1.29, 1.82) is 0 Å². The Labute approximate surface area is 177 Å². The van der Waals surface area contributed by atoms with Crippen LogP contribution in [-0.2, 0) is 11.2 Å². The summed E-state index contributed by atoms with van der Waals surface area (Å²) in [5.74, 6) is -0.554. The molecule has 1 amide bonds. The number of fused-ring (bicyclic) bond motifs is 1. The van der Waals surface area contributed by atoms with E-state index in [1.807, 2.05) is 24.5 Å². The van der Waals surface area contributed by atoms with Crippen LogP contribution in [0.5, 0.6) is 0 Å². The van der Waals surface area contributed by atoms with E-state index in [-0.39, 0.29) is 0 Å². The number of benzene rings is 2. The zero-order valence-electron chi connectivity index (χ0n) is 17.7. The van der Waals surface area contributed by atoms with Gasteiger partial charge >= 0.3 is 0 Å². The number of imidazole rings is 1. The van der Waals surface area contributed by atoms with E-state index in [9.17, 15) is 4.79 Å². The Kier molecular flexibility index (Phi) is 7.76. The van der Waals surface area contributed by atoms with Crippen LogP contribution in [0.1, 0.15) is 36.4 Å². The highest BCUT2D eigenvalue weighted by atomic mass is 16.5. The maximum atomic E-state index is 11.2. The molecule has 0 fully saturated rings. The Morgan fingerprint density at radius 2 is 2.00 bits per heavy atom. The van der Waals surface area contributed by atoms with Gasteiger partial charge in [-0.15, -0.1) is 0 Å². The summed E-state index contributed by atoms with van der Waals surface area (Å²) in [5, 5.41) is 8.62. The van der Waals surface area contributed by atoms with Gasteiger partial charge in [0.1, 0.15) is 0 Å². The van der Waals surface area contributed by atoms with Crippen molar-refractivity contribution in [1.82, 2.24) is 19.9 Å². The van der Waals surface area contributed by atoms with E-state index in [1.165, 1.54) is 18.1 Å². The summed E-state index contributed by atoms with van der Waals surface area (Å²) in [5.41, 5.74) is 5.77. The molecular formula is C24H30N4O2. The lowest BCUT2D eigenvalue weighted by atomic mass is 10.00. The first-order chi connectivity index (χ1) is 14.6. The molecule has 3 rings (SSSR count). The number of hydrogen-bond acceptors (Lipinski definition) is 4. The predicted octanol–water partition coefficient (Wildman–Crippen LogP) is 4.07. The number of nitrogens with one attached hydrogen (secondary N) is 1. The van der Waals surface area contributed by atoms with Crippen molar-refractivity contribution >= 4 is 23.0 Å². The number of nitrogens with zero attached hydrogens (tertiary/aromatic N) is 3. The molecule has 0 aliphatic heterocycles. The SMILES string of the molecule is CN(C)CCCCC(Cc1ccccc1)n1cnc2cc(C=CC(=O)NO)ccc21. The molecule has 1 heterocycles. The third-order valence-corrected chi connectivity index (χ3v) is 5.24. The highest BCUT2D eigenvalue weighted by molar-refractivity contribution is 5.91. The van der Waals surface area contributed by atoms with Crippen molar-refractivity contribution in [3.05, 3.63) is 72.1 Å². The van der Waals surface area contributed by atoms with Crippen LogP contribution in [0.2, 0.25) is 0 Å². The molecule has 1 aromatic heterocycles. The van der Waals surface area contributed by atoms with Crippen LogP contribution in [0.4, 0.5) is 0 Å². The lowest BCUT2D eigenvalue weighted by molar-refractivity contribution is -0.124. The molecule has 6 nitrogen and oxygen atoms in total. The maximum absolute atomic E-state index is 11.2. The molecule has 0 radical (unpaired) electrons. The van der Waals surface area contributed by atoms with Gasteiger partial charge in [-0.25, -0.2) is 10.5 Å². The molecule has 6 heteroatoms. The highest BCUT2D eigenvalue weighted by Gasteiger charge is 2.15. The molecule has 0 saturated heterocycles. The number of hydroxylamine groups is 1. The average molecular weight is 407 g/mol. The van der Waals surface area contributed by atoms with Gasteiger partial charge in [-0.1, -0.05) is 42.8 Å². The van der Waals surface area contributed by atoms with Crippen LogP contribution < -0.4 is 5.48 Å². The Balaban J connectivity index is 1.82. The molecule has 0 aliphatic rings. The van der Waals surface area contributed by atoms with Crippen molar-refractivity contribution in [3.63, 3.8) is 0 Å². The van der Waals surface area contributed by atoms with Crippen LogP contribution >= 0.6 is 0 Å². The van der Waals surface area contributed by atoms with E-state index in [0.717, 1.165) is 42.4 Å². The summed E-state index contributed by atoms with van der Waals surface area (Å²) in [6.07, 6.45) is 9.27. The number of carbonyl (C=O) groups is 1. The molecule has 2 aromatic carbocycles. The molecule has 0 aliphatic carbocycles. The number of amides is 1. The highest BCUT2D eigenvalue weighted by Crippen LogP contribution is 2.26. The molecule has 1 unspecified atom stereocenters. The third-order valence-electron chi connectivity index (χ3n) is 5.24. The van der Waals surface area contributed by atoms with E-state index in [2.05, 4.69) is 58.9 Å². The second-order valence-electron chi connectivity index (χ2n) is 7.85. The second kappa shape index (κ2) is 10.7. The summed E-state index contributed by atoms with van der Waals surface area (Å²) >= 11 is 0. The Hall–Kier alpha value is -2.96. The molecule has 30 heavy (non-hydrogen) atoms.